The Morgan fingerprint density at radius 1 is 1.05 bits per heavy atom. The van der Waals surface area contributed by atoms with Crippen LogP contribution in [0.1, 0.15) is 72.1 Å². The summed E-state index contributed by atoms with van der Waals surface area (Å²) in [6.45, 7) is 7.52. The monoisotopic (exact) mass is 270 g/mol. The second-order valence-corrected chi connectivity index (χ2v) is 8.77. The molecule has 0 aromatic rings. The maximum absolute atomic E-state index is 2.63. The van der Waals surface area contributed by atoms with Gasteiger partial charge in [0.1, 0.15) is 0 Å². The standard InChI is InChI=1S/C20H30/c1-14-8-12-20(3)15(13-14)6-7-16-17-5-4-10-19(17,2)11-9-18(16)20/h6,13,16-18H,4-5,7-12H2,1-3H3. The van der Waals surface area contributed by atoms with Crippen molar-refractivity contribution in [3.8, 4) is 0 Å². The van der Waals surface area contributed by atoms with Crippen molar-refractivity contribution in [2.75, 3.05) is 0 Å². The Balaban J connectivity index is 1.72. The van der Waals surface area contributed by atoms with Crippen LogP contribution in [0.4, 0.5) is 0 Å². The third-order valence-electron chi connectivity index (χ3n) is 7.75. The molecule has 2 saturated carbocycles. The first kappa shape index (κ1) is 13.2. The number of fused-ring (bicyclic) bond motifs is 5. The Labute approximate surface area is 124 Å². The highest BCUT2D eigenvalue weighted by Crippen LogP contribution is 2.64. The minimum Gasteiger partial charge on any atom is -0.0805 e. The van der Waals surface area contributed by atoms with Crippen molar-refractivity contribution in [1.29, 1.82) is 0 Å². The molecule has 0 aliphatic heterocycles. The van der Waals surface area contributed by atoms with E-state index in [1.165, 1.54) is 51.4 Å². The van der Waals surface area contributed by atoms with Crippen LogP contribution in [0.3, 0.4) is 0 Å². The van der Waals surface area contributed by atoms with Crippen molar-refractivity contribution in [2.24, 2.45) is 28.6 Å². The molecule has 0 aromatic carbocycles. The Hall–Kier alpha value is -0.520. The van der Waals surface area contributed by atoms with Gasteiger partial charge in [0.15, 0.2) is 0 Å². The Morgan fingerprint density at radius 2 is 1.90 bits per heavy atom. The van der Waals surface area contributed by atoms with Gasteiger partial charge in [-0.3, -0.25) is 0 Å². The summed E-state index contributed by atoms with van der Waals surface area (Å²) in [5, 5.41) is 0. The van der Waals surface area contributed by atoms with Gasteiger partial charge in [-0.15, -0.1) is 0 Å². The summed E-state index contributed by atoms with van der Waals surface area (Å²) in [6, 6.07) is 0. The van der Waals surface area contributed by atoms with Crippen LogP contribution in [0.2, 0.25) is 0 Å². The van der Waals surface area contributed by atoms with Gasteiger partial charge in [-0.25, -0.2) is 0 Å². The van der Waals surface area contributed by atoms with Gasteiger partial charge in [-0.2, -0.15) is 0 Å². The Morgan fingerprint density at radius 3 is 2.75 bits per heavy atom. The molecule has 4 aliphatic rings. The summed E-state index contributed by atoms with van der Waals surface area (Å²) in [7, 11) is 0. The van der Waals surface area contributed by atoms with Crippen LogP contribution in [-0.2, 0) is 0 Å². The van der Waals surface area contributed by atoms with E-state index in [1.54, 1.807) is 11.1 Å². The van der Waals surface area contributed by atoms with Crippen molar-refractivity contribution in [3.05, 3.63) is 23.3 Å². The van der Waals surface area contributed by atoms with Crippen LogP contribution in [-0.4, -0.2) is 0 Å². The molecule has 0 spiro atoms. The molecule has 20 heavy (non-hydrogen) atoms. The molecule has 4 aliphatic carbocycles. The van der Waals surface area contributed by atoms with Crippen LogP contribution in [0, 0.1) is 28.6 Å². The van der Waals surface area contributed by atoms with Gasteiger partial charge in [0.2, 0.25) is 0 Å². The van der Waals surface area contributed by atoms with Crippen molar-refractivity contribution in [3.63, 3.8) is 0 Å². The van der Waals surface area contributed by atoms with Crippen molar-refractivity contribution in [1.82, 2.24) is 0 Å². The van der Waals surface area contributed by atoms with E-state index in [1.807, 2.05) is 0 Å². The molecule has 4 rings (SSSR count). The molecule has 0 heteroatoms. The lowest BCUT2D eigenvalue weighted by molar-refractivity contribution is -0.0183. The lowest BCUT2D eigenvalue weighted by Crippen LogP contribution is -2.47. The quantitative estimate of drug-likeness (QED) is 0.514. The summed E-state index contributed by atoms with van der Waals surface area (Å²) in [6.07, 6.45) is 16.8. The van der Waals surface area contributed by atoms with E-state index in [-0.39, 0.29) is 0 Å². The number of hydrogen-bond acceptors (Lipinski definition) is 0. The minimum atomic E-state index is 0.506. The van der Waals surface area contributed by atoms with E-state index in [4.69, 9.17) is 0 Å². The summed E-state index contributed by atoms with van der Waals surface area (Å²) in [5.74, 6) is 3.00. The molecule has 2 fully saturated rings. The molecule has 5 atom stereocenters. The van der Waals surface area contributed by atoms with Gasteiger partial charge in [-0.1, -0.05) is 38.0 Å². The molecular weight excluding hydrogens is 240 g/mol. The molecule has 5 unspecified atom stereocenters. The van der Waals surface area contributed by atoms with Gasteiger partial charge < -0.3 is 0 Å². The third-order valence-corrected chi connectivity index (χ3v) is 7.75. The summed E-state index contributed by atoms with van der Waals surface area (Å²) in [5.41, 5.74) is 4.51. The molecule has 0 N–H and O–H groups in total. The second kappa shape index (κ2) is 4.24. The van der Waals surface area contributed by atoms with E-state index in [0.29, 0.717) is 10.8 Å². The Bertz CT molecular complexity index is 482. The van der Waals surface area contributed by atoms with Crippen LogP contribution < -0.4 is 0 Å². The topological polar surface area (TPSA) is 0 Å². The highest BCUT2D eigenvalue weighted by Gasteiger charge is 2.54. The van der Waals surface area contributed by atoms with E-state index in [9.17, 15) is 0 Å². The fourth-order valence-corrected chi connectivity index (χ4v) is 6.46. The van der Waals surface area contributed by atoms with E-state index in [0.717, 1.165) is 17.8 Å². The van der Waals surface area contributed by atoms with E-state index >= 15 is 0 Å². The van der Waals surface area contributed by atoms with Gasteiger partial charge in [0, 0.05) is 0 Å². The highest BCUT2D eigenvalue weighted by molar-refractivity contribution is 5.36. The zero-order chi connectivity index (χ0) is 14.0. The number of hydrogen-bond donors (Lipinski definition) is 0. The average molecular weight is 270 g/mol. The first-order valence-corrected chi connectivity index (χ1v) is 8.91. The minimum absolute atomic E-state index is 0.506. The van der Waals surface area contributed by atoms with Gasteiger partial charge in [0.05, 0.1) is 0 Å². The first-order chi connectivity index (χ1) is 9.53. The summed E-state index contributed by atoms with van der Waals surface area (Å²) < 4.78 is 0. The molecule has 0 bridgehead atoms. The van der Waals surface area contributed by atoms with Gasteiger partial charge in [0.25, 0.3) is 0 Å². The summed E-state index contributed by atoms with van der Waals surface area (Å²) >= 11 is 0. The molecule has 110 valence electrons. The van der Waals surface area contributed by atoms with Crippen molar-refractivity contribution >= 4 is 0 Å². The van der Waals surface area contributed by atoms with Crippen LogP contribution in [0.15, 0.2) is 23.3 Å². The largest absolute Gasteiger partial charge is 0.0805 e. The van der Waals surface area contributed by atoms with Crippen molar-refractivity contribution < 1.29 is 0 Å². The third kappa shape index (κ3) is 1.66. The van der Waals surface area contributed by atoms with Crippen LogP contribution in [0.5, 0.6) is 0 Å². The fourth-order valence-electron chi connectivity index (χ4n) is 6.46. The van der Waals surface area contributed by atoms with Crippen LogP contribution >= 0.6 is 0 Å². The lowest BCUT2D eigenvalue weighted by Gasteiger charge is -2.56. The molecular formula is C20H30. The molecule has 0 heterocycles. The van der Waals surface area contributed by atoms with E-state index in [2.05, 4.69) is 32.9 Å². The van der Waals surface area contributed by atoms with Gasteiger partial charge in [-0.05, 0) is 86.0 Å². The first-order valence-electron chi connectivity index (χ1n) is 8.91. The zero-order valence-corrected chi connectivity index (χ0v) is 13.5. The van der Waals surface area contributed by atoms with E-state index < -0.39 is 0 Å². The smallest absolute Gasteiger partial charge is 0.00443 e. The predicted octanol–water partition coefficient (Wildman–Crippen LogP) is 5.90. The SMILES string of the molecule is CC1=CC2=CCC3C4CCCC4(C)CCC3C2(C)CC1. The molecule has 0 aromatic heterocycles. The summed E-state index contributed by atoms with van der Waals surface area (Å²) in [4.78, 5) is 0. The van der Waals surface area contributed by atoms with Crippen LogP contribution in [0.25, 0.3) is 0 Å². The molecule has 0 radical (unpaired) electrons. The highest BCUT2D eigenvalue weighted by atomic mass is 14.6. The molecule has 0 nitrogen and oxygen atoms in total. The van der Waals surface area contributed by atoms with Gasteiger partial charge >= 0.3 is 0 Å². The average Bonchev–Trinajstić information content (AvgIpc) is 2.81. The molecule has 0 amide bonds. The fraction of sp³-hybridized carbons (Fsp3) is 0.800. The normalized spacial score (nSPS) is 50.6. The predicted molar refractivity (Wildman–Crippen MR) is 85.5 cm³/mol. The zero-order valence-electron chi connectivity index (χ0n) is 13.5. The molecule has 0 saturated heterocycles. The second-order valence-electron chi connectivity index (χ2n) is 8.77. The lowest BCUT2D eigenvalue weighted by atomic mass is 9.49. The maximum atomic E-state index is 2.63. The Kier molecular flexibility index (Phi) is 2.79. The maximum Gasteiger partial charge on any atom is -0.00443 e. The number of rotatable bonds is 0. The number of allylic oxidation sites excluding steroid dienone is 4. The van der Waals surface area contributed by atoms with Crippen molar-refractivity contribution in [2.45, 2.75) is 72.1 Å².